The third kappa shape index (κ3) is 4.99. The third-order valence-corrected chi connectivity index (χ3v) is 2.85. The first-order chi connectivity index (χ1) is 9.33. The molecule has 110 valence electrons. The molecule has 0 heterocycles. The lowest BCUT2D eigenvalue weighted by molar-refractivity contribution is -0.164. The summed E-state index contributed by atoms with van der Waals surface area (Å²) in [5.41, 5.74) is 6.84. The highest BCUT2D eigenvalue weighted by Gasteiger charge is 2.28. The maximum atomic E-state index is 11.6. The molecular formula is C14H20N2O4. The molecule has 0 aliphatic rings. The highest BCUT2D eigenvalue weighted by atomic mass is 16.7. The summed E-state index contributed by atoms with van der Waals surface area (Å²) in [5.74, 6) is -1.41. The van der Waals surface area contributed by atoms with Crippen LogP contribution in [-0.2, 0) is 20.8 Å². The van der Waals surface area contributed by atoms with E-state index in [1.807, 2.05) is 30.3 Å². The predicted octanol–water partition coefficient (Wildman–Crippen LogP) is 0.292. The molecular weight excluding hydrogens is 260 g/mol. The molecule has 1 atom stereocenters. The lowest BCUT2D eigenvalue weighted by Gasteiger charge is -2.21. The molecule has 1 rings (SSSR count). The average molecular weight is 280 g/mol. The Morgan fingerprint density at radius 1 is 1.35 bits per heavy atom. The van der Waals surface area contributed by atoms with Crippen LogP contribution in [0.1, 0.15) is 25.8 Å². The van der Waals surface area contributed by atoms with Crippen LogP contribution in [-0.4, -0.2) is 28.6 Å². The van der Waals surface area contributed by atoms with Gasteiger partial charge in [0.05, 0.1) is 0 Å². The van der Waals surface area contributed by atoms with Crippen LogP contribution in [0.15, 0.2) is 30.3 Å². The first-order valence-electron chi connectivity index (χ1n) is 6.32. The van der Waals surface area contributed by atoms with Gasteiger partial charge in [0.2, 0.25) is 0 Å². The zero-order valence-corrected chi connectivity index (χ0v) is 11.6. The van der Waals surface area contributed by atoms with Crippen molar-refractivity contribution in [3.8, 4) is 0 Å². The summed E-state index contributed by atoms with van der Waals surface area (Å²) in [7, 11) is 0. The number of benzene rings is 1. The second-order valence-corrected chi connectivity index (χ2v) is 4.98. The number of primary amides is 1. The van der Waals surface area contributed by atoms with Crippen LogP contribution in [0.2, 0.25) is 0 Å². The van der Waals surface area contributed by atoms with Gasteiger partial charge in [0.15, 0.2) is 5.60 Å². The Labute approximate surface area is 117 Å². The summed E-state index contributed by atoms with van der Waals surface area (Å²) < 4.78 is 0. The van der Waals surface area contributed by atoms with Gasteiger partial charge < -0.3 is 10.8 Å². The first kappa shape index (κ1) is 16.1. The monoisotopic (exact) mass is 280 g/mol. The number of carbonyl (C=O) groups is 2. The number of hydrogen-bond acceptors (Lipinski definition) is 4. The van der Waals surface area contributed by atoms with Crippen molar-refractivity contribution in [3.05, 3.63) is 35.9 Å². The first-order valence-corrected chi connectivity index (χ1v) is 6.32. The molecule has 6 heteroatoms. The fraction of sp³-hybridized carbons (Fsp3) is 0.429. The van der Waals surface area contributed by atoms with E-state index in [1.165, 1.54) is 13.8 Å². The van der Waals surface area contributed by atoms with Crippen molar-refractivity contribution >= 4 is 11.8 Å². The van der Waals surface area contributed by atoms with Crippen LogP contribution < -0.4 is 11.2 Å². The number of hydrogen-bond donors (Lipinski definition) is 3. The molecule has 0 aromatic heterocycles. The van der Waals surface area contributed by atoms with E-state index in [0.717, 1.165) is 5.56 Å². The number of carbonyl (C=O) groups excluding carboxylic acids is 2. The SMILES string of the molecule is CC(C)(ONC(=O)[C@@H](O)CCc1ccccc1)C(N)=O. The Kier molecular flexibility index (Phi) is 5.66. The van der Waals surface area contributed by atoms with Crippen LogP contribution >= 0.6 is 0 Å². The summed E-state index contributed by atoms with van der Waals surface area (Å²) in [4.78, 5) is 27.5. The van der Waals surface area contributed by atoms with E-state index in [4.69, 9.17) is 10.6 Å². The molecule has 1 aromatic rings. The van der Waals surface area contributed by atoms with Crippen LogP contribution in [0.4, 0.5) is 0 Å². The lowest BCUT2D eigenvalue weighted by Crippen LogP contribution is -2.47. The zero-order valence-electron chi connectivity index (χ0n) is 11.6. The van der Waals surface area contributed by atoms with E-state index in [9.17, 15) is 14.7 Å². The fourth-order valence-electron chi connectivity index (χ4n) is 1.38. The molecule has 0 spiro atoms. The van der Waals surface area contributed by atoms with Gasteiger partial charge in [-0.15, -0.1) is 0 Å². The zero-order chi connectivity index (χ0) is 15.2. The molecule has 0 aliphatic carbocycles. The molecule has 0 saturated heterocycles. The van der Waals surface area contributed by atoms with Gasteiger partial charge in [-0.05, 0) is 32.3 Å². The minimum Gasteiger partial charge on any atom is -0.383 e. The summed E-state index contributed by atoms with van der Waals surface area (Å²) >= 11 is 0. The Balaban J connectivity index is 2.38. The third-order valence-electron chi connectivity index (χ3n) is 2.85. The highest BCUT2D eigenvalue weighted by Crippen LogP contribution is 2.07. The van der Waals surface area contributed by atoms with Gasteiger partial charge in [-0.25, -0.2) is 5.48 Å². The lowest BCUT2D eigenvalue weighted by atomic mass is 10.1. The summed E-state index contributed by atoms with van der Waals surface area (Å²) in [6, 6.07) is 9.50. The predicted molar refractivity (Wildman–Crippen MR) is 73.3 cm³/mol. The smallest absolute Gasteiger partial charge is 0.272 e. The second-order valence-electron chi connectivity index (χ2n) is 4.98. The molecule has 0 unspecified atom stereocenters. The van der Waals surface area contributed by atoms with Crippen molar-refractivity contribution in [1.29, 1.82) is 0 Å². The van der Waals surface area contributed by atoms with E-state index in [0.29, 0.717) is 6.42 Å². The van der Waals surface area contributed by atoms with Crippen molar-refractivity contribution in [2.45, 2.75) is 38.4 Å². The second kappa shape index (κ2) is 7.02. The molecule has 6 nitrogen and oxygen atoms in total. The Bertz CT molecular complexity index is 460. The van der Waals surface area contributed by atoms with Gasteiger partial charge in [0.25, 0.3) is 11.8 Å². The number of nitrogens with two attached hydrogens (primary N) is 1. The quantitative estimate of drug-likeness (QED) is 0.625. The van der Waals surface area contributed by atoms with E-state index >= 15 is 0 Å². The van der Waals surface area contributed by atoms with Crippen LogP contribution in [0.3, 0.4) is 0 Å². The number of aliphatic hydroxyl groups excluding tert-OH is 1. The number of aliphatic hydroxyl groups is 1. The maximum Gasteiger partial charge on any atom is 0.272 e. The Hall–Kier alpha value is -1.92. The standard InChI is InChI=1S/C14H20N2O4/c1-14(2,13(15)19)20-16-12(18)11(17)9-8-10-6-4-3-5-7-10/h3-7,11,17H,8-9H2,1-2H3,(H2,15,19)(H,16,18)/t11-/m0/s1. The van der Waals surface area contributed by atoms with Gasteiger partial charge >= 0.3 is 0 Å². The van der Waals surface area contributed by atoms with Crippen molar-refractivity contribution in [3.63, 3.8) is 0 Å². The number of rotatable bonds is 7. The van der Waals surface area contributed by atoms with Crippen molar-refractivity contribution in [1.82, 2.24) is 5.48 Å². The van der Waals surface area contributed by atoms with E-state index in [2.05, 4.69) is 5.48 Å². The molecule has 20 heavy (non-hydrogen) atoms. The molecule has 1 aromatic carbocycles. The highest BCUT2D eigenvalue weighted by molar-refractivity contribution is 5.83. The van der Waals surface area contributed by atoms with Crippen molar-refractivity contribution in [2.75, 3.05) is 0 Å². The molecule has 0 fully saturated rings. The molecule has 0 radical (unpaired) electrons. The average Bonchev–Trinajstić information content (AvgIpc) is 2.43. The largest absolute Gasteiger partial charge is 0.383 e. The summed E-state index contributed by atoms with van der Waals surface area (Å²) in [6.45, 7) is 2.85. The van der Waals surface area contributed by atoms with E-state index < -0.39 is 23.5 Å². The Morgan fingerprint density at radius 2 is 1.95 bits per heavy atom. The minimum atomic E-state index is -1.32. The molecule has 0 bridgehead atoms. The number of amides is 2. The number of hydroxylamine groups is 1. The van der Waals surface area contributed by atoms with Gasteiger partial charge in [-0.1, -0.05) is 30.3 Å². The topological polar surface area (TPSA) is 102 Å². The summed E-state index contributed by atoms with van der Waals surface area (Å²) in [6.07, 6.45) is -0.385. The van der Waals surface area contributed by atoms with Gasteiger partial charge in [-0.2, -0.15) is 0 Å². The molecule has 0 aliphatic heterocycles. The van der Waals surface area contributed by atoms with Crippen molar-refractivity contribution < 1.29 is 19.5 Å². The minimum absolute atomic E-state index is 0.260. The number of aryl methyl sites for hydroxylation is 1. The van der Waals surface area contributed by atoms with Crippen LogP contribution in [0.25, 0.3) is 0 Å². The van der Waals surface area contributed by atoms with Gasteiger partial charge in [0, 0.05) is 0 Å². The molecule has 0 saturated carbocycles. The fourth-order valence-corrected chi connectivity index (χ4v) is 1.38. The maximum absolute atomic E-state index is 11.6. The Morgan fingerprint density at radius 3 is 2.50 bits per heavy atom. The normalized spacial score (nSPS) is 12.8. The summed E-state index contributed by atoms with van der Waals surface area (Å²) in [5, 5.41) is 9.71. The van der Waals surface area contributed by atoms with Gasteiger partial charge in [-0.3, -0.25) is 14.4 Å². The number of nitrogens with one attached hydrogen (secondary N) is 1. The van der Waals surface area contributed by atoms with Crippen LogP contribution in [0, 0.1) is 0 Å². The van der Waals surface area contributed by atoms with E-state index in [-0.39, 0.29) is 6.42 Å². The molecule has 4 N–H and O–H groups in total. The van der Waals surface area contributed by atoms with Crippen molar-refractivity contribution in [2.24, 2.45) is 5.73 Å². The molecule has 2 amide bonds. The van der Waals surface area contributed by atoms with Crippen LogP contribution in [0.5, 0.6) is 0 Å². The van der Waals surface area contributed by atoms with E-state index in [1.54, 1.807) is 0 Å². The van der Waals surface area contributed by atoms with Gasteiger partial charge in [0.1, 0.15) is 6.10 Å².